The van der Waals surface area contributed by atoms with Crippen LogP contribution in [0.1, 0.15) is 30.3 Å². The summed E-state index contributed by atoms with van der Waals surface area (Å²) in [5.74, 6) is 0.417. The molecule has 0 bridgehead atoms. The minimum atomic E-state index is -0.812. The maximum atomic E-state index is 10.5. The molecule has 0 aliphatic carbocycles. The standard InChI is InChI=1S/C20H19N3O3/c21-16-9-5-4-8-15(16)18-10-14(25-23-18)11-19(24)20-12-17(22-26-20)13-6-2-1-3-7-13/h1-9,12,14,19,24H,10-11,21H2. The summed E-state index contributed by atoms with van der Waals surface area (Å²) in [5.41, 5.74) is 9.95. The molecule has 4 rings (SSSR count). The Hall–Kier alpha value is -3.12. The second-order valence-corrected chi connectivity index (χ2v) is 6.29. The summed E-state index contributed by atoms with van der Waals surface area (Å²) < 4.78 is 5.31. The van der Waals surface area contributed by atoms with Crippen LogP contribution in [0.4, 0.5) is 5.69 Å². The first-order valence-electron chi connectivity index (χ1n) is 8.48. The zero-order valence-corrected chi connectivity index (χ0v) is 14.1. The molecule has 26 heavy (non-hydrogen) atoms. The maximum absolute atomic E-state index is 10.5. The highest BCUT2D eigenvalue weighted by atomic mass is 16.6. The van der Waals surface area contributed by atoms with E-state index < -0.39 is 6.10 Å². The Morgan fingerprint density at radius 1 is 1.12 bits per heavy atom. The van der Waals surface area contributed by atoms with Crippen LogP contribution in [0.2, 0.25) is 0 Å². The van der Waals surface area contributed by atoms with Gasteiger partial charge < -0.3 is 20.2 Å². The van der Waals surface area contributed by atoms with Gasteiger partial charge in [0.2, 0.25) is 0 Å². The maximum Gasteiger partial charge on any atom is 0.165 e. The van der Waals surface area contributed by atoms with E-state index in [9.17, 15) is 5.11 Å². The number of aromatic nitrogens is 1. The van der Waals surface area contributed by atoms with Crippen molar-refractivity contribution >= 4 is 11.4 Å². The van der Waals surface area contributed by atoms with Gasteiger partial charge in [-0.2, -0.15) is 0 Å². The van der Waals surface area contributed by atoms with Gasteiger partial charge in [0.05, 0.1) is 5.71 Å². The number of aliphatic hydroxyl groups excluding tert-OH is 1. The number of benzene rings is 2. The van der Waals surface area contributed by atoms with Crippen molar-refractivity contribution in [3.05, 3.63) is 72.0 Å². The molecule has 0 spiro atoms. The van der Waals surface area contributed by atoms with Gasteiger partial charge in [-0.15, -0.1) is 0 Å². The molecular weight excluding hydrogens is 330 g/mol. The number of oxime groups is 1. The number of para-hydroxylation sites is 1. The molecule has 2 atom stereocenters. The highest BCUT2D eigenvalue weighted by Gasteiger charge is 2.28. The predicted octanol–water partition coefficient (Wildman–Crippen LogP) is 3.54. The van der Waals surface area contributed by atoms with Crippen LogP contribution in [-0.2, 0) is 4.84 Å². The summed E-state index contributed by atoms with van der Waals surface area (Å²) >= 11 is 0. The predicted molar refractivity (Wildman–Crippen MR) is 98.4 cm³/mol. The lowest BCUT2D eigenvalue weighted by Gasteiger charge is -2.11. The summed E-state index contributed by atoms with van der Waals surface area (Å²) in [6.07, 6.45) is -0.0915. The number of nitrogens with zero attached hydrogens (tertiary/aromatic N) is 2. The zero-order valence-electron chi connectivity index (χ0n) is 14.1. The first-order valence-corrected chi connectivity index (χ1v) is 8.48. The molecule has 0 fully saturated rings. The van der Waals surface area contributed by atoms with Crippen molar-refractivity contribution in [1.82, 2.24) is 5.16 Å². The van der Waals surface area contributed by atoms with Crippen LogP contribution in [0, 0.1) is 0 Å². The smallest absolute Gasteiger partial charge is 0.165 e. The highest BCUT2D eigenvalue weighted by Crippen LogP contribution is 2.29. The van der Waals surface area contributed by atoms with E-state index in [1.165, 1.54) is 0 Å². The molecule has 0 amide bonds. The van der Waals surface area contributed by atoms with E-state index in [4.69, 9.17) is 15.1 Å². The van der Waals surface area contributed by atoms with E-state index >= 15 is 0 Å². The molecule has 6 nitrogen and oxygen atoms in total. The fourth-order valence-corrected chi connectivity index (χ4v) is 3.03. The number of anilines is 1. The Labute approximate surface area is 150 Å². The lowest BCUT2D eigenvalue weighted by atomic mass is 9.99. The third-order valence-electron chi connectivity index (χ3n) is 4.42. The first kappa shape index (κ1) is 16.4. The van der Waals surface area contributed by atoms with E-state index in [2.05, 4.69) is 10.3 Å². The lowest BCUT2D eigenvalue weighted by Crippen LogP contribution is -2.13. The Balaban J connectivity index is 1.40. The van der Waals surface area contributed by atoms with Gasteiger partial charge in [-0.25, -0.2) is 0 Å². The van der Waals surface area contributed by atoms with Gasteiger partial charge in [0.1, 0.15) is 17.9 Å². The Bertz CT molecular complexity index is 921. The monoisotopic (exact) mass is 349 g/mol. The van der Waals surface area contributed by atoms with Crippen LogP contribution in [0.25, 0.3) is 11.3 Å². The van der Waals surface area contributed by atoms with E-state index in [1.54, 1.807) is 6.07 Å². The molecule has 0 saturated heterocycles. The normalized spacial score (nSPS) is 17.6. The zero-order chi connectivity index (χ0) is 17.9. The number of hydrogen-bond acceptors (Lipinski definition) is 6. The SMILES string of the molecule is Nc1ccccc1C1=NOC(CC(O)c2cc(-c3ccccc3)no2)C1. The molecule has 132 valence electrons. The lowest BCUT2D eigenvalue weighted by molar-refractivity contribution is 0.0271. The quantitative estimate of drug-likeness (QED) is 0.687. The molecule has 1 aliphatic heterocycles. The summed E-state index contributed by atoms with van der Waals surface area (Å²) in [6, 6.07) is 19.0. The molecule has 0 radical (unpaired) electrons. The fourth-order valence-electron chi connectivity index (χ4n) is 3.03. The van der Waals surface area contributed by atoms with E-state index in [1.807, 2.05) is 54.6 Å². The number of hydrogen-bond donors (Lipinski definition) is 2. The summed E-state index contributed by atoms with van der Waals surface area (Å²) in [7, 11) is 0. The fraction of sp³-hybridized carbons (Fsp3) is 0.200. The third kappa shape index (κ3) is 3.32. The van der Waals surface area contributed by atoms with Gasteiger partial charge in [0.25, 0.3) is 0 Å². The molecule has 2 unspecified atom stereocenters. The largest absolute Gasteiger partial charge is 0.398 e. The van der Waals surface area contributed by atoms with Crippen LogP contribution in [-0.4, -0.2) is 22.1 Å². The summed E-state index contributed by atoms with van der Waals surface area (Å²) in [4.78, 5) is 5.47. The van der Waals surface area contributed by atoms with Gasteiger partial charge in [0, 0.05) is 35.7 Å². The molecule has 1 aliphatic rings. The Morgan fingerprint density at radius 2 is 1.88 bits per heavy atom. The second-order valence-electron chi connectivity index (χ2n) is 6.29. The van der Waals surface area contributed by atoms with Gasteiger partial charge in [0.15, 0.2) is 5.76 Å². The third-order valence-corrected chi connectivity index (χ3v) is 4.42. The van der Waals surface area contributed by atoms with E-state index in [-0.39, 0.29) is 6.10 Å². The molecule has 3 aromatic rings. The average molecular weight is 349 g/mol. The minimum Gasteiger partial charge on any atom is -0.398 e. The van der Waals surface area contributed by atoms with Crippen LogP contribution >= 0.6 is 0 Å². The van der Waals surface area contributed by atoms with Crippen molar-refractivity contribution in [3.8, 4) is 11.3 Å². The molecule has 2 heterocycles. The second kappa shape index (κ2) is 7.01. The number of nitrogen functional groups attached to an aromatic ring is 1. The van der Waals surface area contributed by atoms with Crippen molar-refractivity contribution in [2.45, 2.75) is 25.0 Å². The first-order chi connectivity index (χ1) is 12.7. The summed E-state index contributed by atoms with van der Waals surface area (Å²) in [5, 5.41) is 18.6. The molecule has 1 aromatic heterocycles. The van der Waals surface area contributed by atoms with Crippen LogP contribution in [0.15, 0.2) is 70.3 Å². The molecular formula is C20H19N3O3. The van der Waals surface area contributed by atoms with Crippen LogP contribution < -0.4 is 5.73 Å². The van der Waals surface area contributed by atoms with Gasteiger partial charge in [-0.05, 0) is 6.07 Å². The number of aliphatic hydroxyl groups is 1. The van der Waals surface area contributed by atoms with Gasteiger partial charge in [-0.1, -0.05) is 58.8 Å². The average Bonchev–Trinajstić information content (AvgIpc) is 3.33. The number of nitrogens with two attached hydrogens (primary N) is 1. The van der Waals surface area contributed by atoms with Gasteiger partial charge >= 0.3 is 0 Å². The van der Waals surface area contributed by atoms with Gasteiger partial charge in [-0.3, -0.25) is 0 Å². The molecule has 3 N–H and O–H groups in total. The van der Waals surface area contributed by atoms with Crippen molar-refractivity contribution in [2.24, 2.45) is 5.16 Å². The Morgan fingerprint density at radius 3 is 2.69 bits per heavy atom. The molecule has 0 saturated carbocycles. The Kier molecular flexibility index (Phi) is 4.41. The molecule has 6 heteroatoms. The van der Waals surface area contributed by atoms with Crippen molar-refractivity contribution < 1.29 is 14.5 Å². The van der Waals surface area contributed by atoms with Crippen molar-refractivity contribution in [2.75, 3.05) is 5.73 Å². The van der Waals surface area contributed by atoms with Crippen LogP contribution in [0.3, 0.4) is 0 Å². The number of rotatable bonds is 5. The van der Waals surface area contributed by atoms with Crippen molar-refractivity contribution in [1.29, 1.82) is 0 Å². The van der Waals surface area contributed by atoms with E-state index in [0.29, 0.717) is 30.0 Å². The van der Waals surface area contributed by atoms with Crippen molar-refractivity contribution in [3.63, 3.8) is 0 Å². The summed E-state index contributed by atoms with van der Waals surface area (Å²) in [6.45, 7) is 0. The minimum absolute atomic E-state index is 0.232. The highest BCUT2D eigenvalue weighted by molar-refractivity contribution is 6.05. The van der Waals surface area contributed by atoms with E-state index in [0.717, 1.165) is 16.8 Å². The molecule has 2 aromatic carbocycles. The topological polar surface area (TPSA) is 93.9 Å². The van der Waals surface area contributed by atoms with Crippen LogP contribution in [0.5, 0.6) is 0 Å².